The first-order valence-corrected chi connectivity index (χ1v) is 7.22. The van der Waals surface area contributed by atoms with Gasteiger partial charge in [0.05, 0.1) is 5.02 Å². The van der Waals surface area contributed by atoms with Crippen LogP contribution >= 0.6 is 23.8 Å². The summed E-state index contributed by atoms with van der Waals surface area (Å²) in [6.45, 7) is 2.24. The quantitative estimate of drug-likeness (QED) is 0.821. The van der Waals surface area contributed by atoms with E-state index in [1.54, 1.807) is 0 Å². The van der Waals surface area contributed by atoms with Crippen molar-refractivity contribution in [3.8, 4) is 0 Å². The highest BCUT2D eigenvalue weighted by molar-refractivity contribution is 7.80. The fraction of sp³-hybridized carbons (Fsp3) is 0.500. The lowest BCUT2D eigenvalue weighted by molar-refractivity contribution is 0.482. The standard InChI is InChI=1S/C14H19ClN2S/c1-9(10-4-2-3-5-10)17-11-6-7-12(14(16)18)13(15)8-11/h6-10,17H,2-5H2,1H3,(H2,16,18). The summed E-state index contributed by atoms with van der Waals surface area (Å²) in [7, 11) is 0. The van der Waals surface area contributed by atoms with Crippen molar-refractivity contribution < 1.29 is 0 Å². The summed E-state index contributed by atoms with van der Waals surface area (Å²) in [6, 6.07) is 6.26. The molecule has 2 nitrogen and oxygen atoms in total. The Bertz CT molecular complexity index is 441. The van der Waals surface area contributed by atoms with Crippen LogP contribution in [0.3, 0.4) is 0 Å². The Kier molecular flexibility index (Phi) is 4.46. The summed E-state index contributed by atoms with van der Waals surface area (Å²) in [5, 5.41) is 4.14. The van der Waals surface area contributed by atoms with Crippen LogP contribution in [0.2, 0.25) is 5.02 Å². The smallest absolute Gasteiger partial charge is 0.105 e. The second-order valence-electron chi connectivity index (χ2n) is 5.04. The van der Waals surface area contributed by atoms with Gasteiger partial charge < -0.3 is 11.1 Å². The van der Waals surface area contributed by atoms with E-state index in [0.717, 1.165) is 17.2 Å². The van der Waals surface area contributed by atoms with E-state index in [1.807, 2.05) is 18.2 Å². The summed E-state index contributed by atoms with van der Waals surface area (Å²) < 4.78 is 0. The number of hydrogen-bond acceptors (Lipinski definition) is 2. The summed E-state index contributed by atoms with van der Waals surface area (Å²) in [6.07, 6.45) is 5.37. The Morgan fingerprint density at radius 2 is 2.11 bits per heavy atom. The van der Waals surface area contributed by atoms with Gasteiger partial charge in [-0.3, -0.25) is 0 Å². The number of benzene rings is 1. The van der Waals surface area contributed by atoms with Gasteiger partial charge in [-0.05, 0) is 43.9 Å². The summed E-state index contributed by atoms with van der Waals surface area (Å²) >= 11 is 11.1. The Morgan fingerprint density at radius 1 is 1.44 bits per heavy atom. The molecule has 1 saturated carbocycles. The lowest BCUT2D eigenvalue weighted by Crippen LogP contribution is -2.23. The van der Waals surface area contributed by atoms with E-state index in [9.17, 15) is 0 Å². The first-order valence-electron chi connectivity index (χ1n) is 6.44. The van der Waals surface area contributed by atoms with Crippen LogP contribution in [0.15, 0.2) is 18.2 Å². The summed E-state index contributed by atoms with van der Waals surface area (Å²) in [4.78, 5) is 0.343. The van der Waals surface area contributed by atoms with Crippen LogP contribution in [0.1, 0.15) is 38.2 Å². The molecule has 0 aliphatic heterocycles. The van der Waals surface area contributed by atoms with E-state index in [4.69, 9.17) is 29.6 Å². The maximum absolute atomic E-state index is 6.16. The Morgan fingerprint density at radius 3 is 2.67 bits per heavy atom. The van der Waals surface area contributed by atoms with Gasteiger partial charge in [-0.25, -0.2) is 0 Å². The van der Waals surface area contributed by atoms with E-state index >= 15 is 0 Å². The zero-order valence-corrected chi connectivity index (χ0v) is 12.2. The van der Waals surface area contributed by atoms with E-state index in [0.29, 0.717) is 16.1 Å². The van der Waals surface area contributed by atoms with Crippen molar-refractivity contribution in [3.05, 3.63) is 28.8 Å². The van der Waals surface area contributed by atoms with Gasteiger partial charge in [0.1, 0.15) is 4.99 Å². The van der Waals surface area contributed by atoms with Crippen LogP contribution in [0.4, 0.5) is 5.69 Å². The molecule has 0 bridgehead atoms. The molecule has 0 aromatic heterocycles. The van der Waals surface area contributed by atoms with Crippen molar-refractivity contribution in [2.24, 2.45) is 11.7 Å². The molecule has 1 aromatic rings. The van der Waals surface area contributed by atoms with E-state index in [-0.39, 0.29) is 0 Å². The summed E-state index contributed by atoms with van der Waals surface area (Å²) in [5.74, 6) is 0.777. The highest BCUT2D eigenvalue weighted by atomic mass is 35.5. The number of nitrogens with one attached hydrogen (secondary N) is 1. The third kappa shape index (κ3) is 3.15. The van der Waals surface area contributed by atoms with Crippen molar-refractivity contribution in [2.45, 2.75) is 38.6 Å². The minimum atomic E-state index is 0.343. The molecule has 1 fully saturated rings. The molecular weight excluding hydrogens is 264 g/mol. The zero-order chi connectivity index (χ0) is 13.1. The van der Waals surface area contributed by atoms with Gasteiger partial charge in [0.15, 0.2) is 0 Å². The number of halogens is 1. The highest BCUT2D eigenvalue weighted by Crippen LogP contribution is 2.30. The third-order valence-corrected chi connectivity index (χ3v) is 4.27. The molecule has 1 aromatic carbocycles. The molecule has 1 aliphatic rings. The third-order valence-electron chi connectivity index (χ3n) is 3.74. The molecule has 0 spiro atoms. The number of nitrogens with two attached hydrogens (primary N) is 1. The molecule has 4 heteroatoms. The van der Waals surface area contributed by atoms with E-state index in [2.05, 4.69) is 12.2 Å². The van der Waals surface area contributed by atoms with Gasteiger partial charge in [-0.2, -0.15) is 0 Å². The highest BCUT2D eigenvalue weighted by Gasteiger charge is 2.21. The van der Waals surface area contributed by atoms with E-state index in [1.165, 1.54) is 25.7 Å². The fourth-order valence-electron chi connectivity index (χ4n) is 2.64. The van der Waals surface area contributed by atoms with Gasteiger partial charge in [0, 0.05) is 17.3 Å². The second kappa shape index (κ2) is 5.89. The van der Waals surface area contributed by atoms with Crippen LogP contribution in [0.5, 0.6) is 0 Å². The largest absolute Gasteiger partial charge is 0.389 e. The number of hydrogen-bond donors (Lipinski definition) is 2. The fourth-order valence-corrected chi connectivity index (χ4v) is 3.16. The van der Waals surface area contributed by atoms with E-state index < -0.39 is 0 Å². The first kappa shape index (κ1) is 13.6. The maximum atomic E-state index is 6.16. The number of anilines is 1. The predicted octanol–water partition coefficient (Wildman–Crippen LogP) is 3.96. The SMILES string of the molecule is CC(Nc1ccc(C(N)=S)c(Cl)c1)C1CCCC1. The lowest BCUT2D eigenvalue weighted by Gasteiger charge is -2.22. The molecule has 2 rings (SSSR count). The molecule has 0 heterocycles. The number of thiocarbonyl (C=S) groups is 1. The Balaban J connectivity index is 2.05. The predicted molar refractivity (Wildman–Crippen MR) is 82.4 cm³/mol. The molecule has 98 valence electrons. The first-order chi connectivity index (χ1) is 8.58. The normalized spacial score (nSPS) is 17.7. The molecule has 1 atom stereocenters. The van der Waals surface area contributed by atoms with Gasteiger partial charge in [-0.15, -0.1) is 0 Å². The molecular formula is C14H19ClN2S. The van der Waals surface area contributed by atoms with Crippen LogP contribution in [-0.2, 0) is 0 Å². The van der Waals surface area contributed by atoms with Gasteiger partial charge in [-0.1, -0.05) is 36.7 Å². The second-order valence-corrected chi connectivity index (χ2v) is 5.88. The van der Waals surface area contributed by atoms with Gasteiger partial charge >= 0.3 is 0 Å². The molecule has 0 radical (unpaired) electrons. The van der Waals surface area contributed by atoms with Crippen molar-refractivity contribution in [1.29, 1.82) is 0 Å². The molecule has 0 amide bonds. The van der Waals surface area contributed by atoms with Crippen molar-refractivity contribution in [1.82, 2.24) is 0 Å². The molecule has 18 heavy (non-hydrogen) atoms. The average molecular weight is 283 g/mol. The maximum Gasteiger partial charge on any atom is 0.105 e. The molecule has 0 saturated heterocycles. The number of rotatable bonds is 4. The van der Waals surface area contributed by atoms with Crippen LogP contribution in [0, 0.1) is 5.92 Å². The van der Waals surface area contributed by atoms with Crippen molar-refractivity contribution in [2.75, 3.05) is 5.32 Å². The van der Waals surface area contributed by atoms with Crippen LogP contribution < -0.4 is 11.1 Å². The molecule has 1 unspecified atom stereocenters. The van der Waals surface area contributed by atoms with Crippen LogP contribution in [-0.4, -0.2) is 11.0 Å². The monoisotopic (exact) mass is 282 g/mol. The minimum Gasteiger partial charge on any atom is -0.389 e. The lowest BCUT2D eigenvalue weighted by atomic mass is 9.99. The molecule has 3 N–H and O–H groups in total. The van der Waals surface area contributed by atoms with Crippen molar-refractivity contribution >= 4 is 34.5 Å². The summed E-state index contributed by atoms with van der Waals surface area (Å²) in [5.41, 5.74) is 7.37. The average Bonchev–Trinajstić information content (AvgIpc) is 2.81. The molecule has 1 aliphatic carbocycles. The van der Waals surface area contributed by atoms with Crippen molar-refractivity contribution in [3.63, 3.8) is 0 Å². The zero-order valence-electron chi connectivity index (χ0n) is 10.6. The van der Waals surface area contributed by atoms with Crippen LogP contribution in [0.25, 0.3) is 0 Å². The van der Waals surface area contributed by atoms with Gasteiger partial charge in [0.25, 0.3) is 0 Å². The Hall–Kier alpha value is -0.800. The topological polar surface area (TPSA) is 38.0 Å². The minimum absolute atomic E-state index is 0.343. The Labute approximate surface area is 119 Å². The van der Waals surface area contributed by atoms with Gasteiger partial charge in [0.2, 0.25) is 0 Å².